The highest BCUT2D eigenvalue weighted by Gasteiger charge is 2.39. The van der Waals surface area contributed by atoms with E-state index < -0.39 is 5.91 Å². The van der Waals surface area contributed by atoms with Crippen molar-refractivity contribution in [2.24, 2.45) is 0 Å². The summed E-state index contributed by atoms with van der Waals surface area (Å²) < 4.78 is 2.03. The first-order valence-electron chi connectivity index (χ1n) is 14.7. The first-order valence-corrected chi connectivity index (χ1v) is 14.7. The van der Waals surface area contributed by atoms with Gasteiger partial charge >= 0.3 is 0 Å². The van der Waals surface area contributed by atoms with Crippen LogP contribution in [0.1, 0.15) is 20.7 Å². The number of nitrogens with zero attached hydrogens (tertiary/aromatic N) is 4. The fourth-order valence-corrected chi connectivity index (χ4v) is 6.52. The third kappa shape index (κ3) is 3.95. The maximum absolute atomic E-state index is 14.3. The highest BCUT2D eigenvalue weighted by Crippen LogP contribution is 2.43. The average molecular weight is 591 g/mol. The SMILES string of the molecule is [C-]#[N+]c1ccc(-c2cccc3c4ccccc4n(-c4cccc5c4C(=O)N(c4ccc(-c6ccccc6)cc4)C5=O)c23)c([N+]#[C-])c1. The monoisotopic (exact) mass is 590 g/mol. The minimum absolute atomic E-state index is 0.325. The van der Waals surface area contributed by atoms with E-state index in [1.807, 2.05) is 102 Å². The largest absolute Gasteiger partial charge is 0.308 e. The van der Waals surface area contributed by atoms with Crippen LogP contribution in [-0.2, 0) is 0 Å². The number of amides is 2. The van der Waals surface area contributed by atoms with Crippen LogP contribution in [0.15, 0.2) is 133 Å². The Bertz CT molecular complexity index is 2480. The number of aromatic nitrogens is 1. The predicted molar refractivity (Wildman–Crippen MR) is 182 cm³/mol. The molecule has 214 valence electrons. The highest BCUT2D eigenvalue weighted by molar-refractivity contribution is 6.36. The summed E-state index contributed by atoms with van der Waals surface area (Å²) >= 11 is 0. The number of rotatable bonds is 4. The first kappa shape index (κ1) is 26.8. The van der Waals surface area contributed by atoms with Crippen molar-refractivity contribution >= 4 is 50.7 Å². The molecule has 0 radical (unpaired) electrons. The van der Waals surface area contributed by atoms with Gasteiger partial charge in [0.25, 0.3) is 11.8 Å². The lowest BCUT2D eigenvalue weighted by atomic mass is 9.99. The van der Waals surface area contributed by atoms with Gasteiger partial charge in [0.1, 0.15) is 0 Å². The number of imide groups is 1. The number of hydrogen-bond donors (Lipinski definition) is 0. The van der Waals surface area contributed by atoms with Gasteiger partial charge in [-0.05, 0) is 52.6 Å². The summed E-state index contributed by atoms with van der Waals surface area (Å²) in [4.78, 5) is 36.7. The summed E-state index contributed by atoms with van der Waals surface area (Å²) in [7, 11) is 0. The van der Waals surface area contributed by atoms with Crippen molar-refractivity contribution in [3.8, 4) is 27.9 Å². The maximum Gasteiger partial charge on any atom is 0.268 e. The Morgan fingerprint density at radius 1 is 0.543 bits per heavy atom. The van der Waals surface area contributed by atoms with Crippen LogP contribution in [0, 0.1) is 13.1 Å². The van der Waals surface area contributed by atoms with Crippen LogP contribution < -0.4 is 4.90 Å². The molecule has 1 aliphatic heterocycles. The third-order valence-electron chi connectivity index (χ3n) is 8.58. The molecule has 0 spiro atoms. The number of fused-ring (bicyclic) bond motifs is 4. The van der Waals surface area contributed by atoms with Gasteiger partial charge in [-0.2, -0.15) is 0 Å². The van der Waals surface area contributed by atoms with Crippen LogP contribution in [0.5, 0.6) is 0 Å². The van der Waals surface area contributed by atoms with Crippen molar-refractivity contribution in [2.75, 3.05) is 4.90 Å². The summed E-state index contributed by atoms with van der Waals surface area (Å²) in [5.41, 5.74) is 7.69. The van der Waals surface area contributed by atoms with E-state index >= 15 is 0 Å². The number of benzene rings is 6. The molecule has 6 nitrogen and oxygen atoms in total. The summed E-state index contributed by atoms with van der Waals surface area (Å²) in [5.74, 6) is -0.768. The quantitative estimate of drug-likeness (QED) is 0.151. The molecular formula is C40H22N4O2. The summed E-state index contributed by atoms with van der Waals surface area (Å²) in [6, 6.07) is 41.8. The molecule has 0 fully saturated rings. The number of para-hydroxylation sites is 2. The molecule has 0 bridgehead atoms. The van der Waals surface area contributed by atoms with Crippen molar-refractivity contribution in [1.82, 2.24) is 4.57 Å². The molecule has 1 aliphatic rings. The Morgan fingerprint density at radius 2 is 1.24 bits per heavy atom. The van der Waals surface area contributed by atoms with Crippen molar-refractivity contribution in [2.45, 2.75) is 0 Å². The van der Waals surface area contributed by atoms with E-state index in [1.54, 1.807) is 36.4 Å². The Hall–Kier alpha value is -6.76. The van der Waals surface area contributed by atoms with Gasteiger partial charge in [-0.3, -0.25) is 9.59 Å². The lowest BCUT2D eigenvalue weighted by molar-refractivity contribution is 0.0926. The fourth-order valence-electron chi connectivity index (χ4n) is 6.52. The Morgan fingerprint density at radius 3 is 2.02 bits per heavy atom. The van der Waals surface area contributed by atoms with Gasteiger partial charge in [0.2, 0.25) is 0 Å². The lowest BCUT2D eigenvalue weighted by Crippen LogP contribution is -2.29. The number of hydrogen-bond acceptors (Lipinski definition) is 2. The van der Waals surface area contributed by atoms with E-state index in [-0.39, 0.29) is 5.91 Å². The van der Waals surface area contributed by atoms with Crippen molar-refractivity contribution < 1.29 is 9.59 Å². The molecule has 0 saturated carbocycles. The van der Waals surface area contributed by atoms with Crippen molar-refractivity contribution in [3.63, 3.8) is 0 Å². The van der Waals surface area contributed by atoms with E-state index in [0.29, 0.717) is 39.4 Å². The minimum atomic E-state index is -0.394. The molecular weight excluding hydrogens is 568 g/mol. The smallest absolute Gasteiger partial charge is 0.268 e. The number of carbonyl (C=O) groups excluding carboxylic acids is 2. The zero-order valence-corrected chi connectivity index (χ0v) is 24.3. The van der Waals surface area contributed by atoms with Crippen LogP contribution in [-0.4, -0.2) is 16.4 Å². The summed E-state index contributed by atoms with van der Waals surface area (Å²) in [6.45, 7) is 15.3. The fraction of sp³-hybridized carbons (Fsp3) is 0. The van der Waals surface area contributed by atoms with Crippen LogP contribution in [0.25, 0.3) is 59.4 Å². The van der Waals surface area contributed by atoms with Crippen molar-refractivity contribution in [3.05, 3.63) is 167 Å². The van der Waals surface area contributed by atoms with E-state index in [1.165, 1.54) is 4.90 Å². The number of anilines is 1. The minimum Gasteiger partial charge on any atom is -0.308 e. The van der Waals surface area contributed by atoms with E-state index in [2.05, 4.69) is 9.69 Å². The maximum atomic E-state index is 14.3. The molecule has 8 rings (SSSR count). The second-order valence-electron chi connectivity index (χ2n) is 11.0. The van der Waals surface area contributed by atoms with E-state index in [4.69, 9.17) is 13.1 Å². The normalized spacial score (nSPS) is 12.3. The zero-order chi connectivity index (χ0) is 31.4. The van der Waals surface area contributed by atoms with Gasteiger partial charge < -0.3 is 4.57 Å². The molecule has 2 amide bonds. The standard InChI is InChI=1S/C40H22N4O2/c1-41-27-20-23-29(34(24-27)42-2)31-13-8-14-32-30-12-6-7-16-35(30)44(38(31)32)36-17-9-15-33-37(36)40(46)43(39(33)45)28-21-18-26(19-22-28)25-10-4-3-5-11-25/h3-24H. The number of carbonyl (C=O) groups is 2. The summed E-state index contributed by atoms with van der Waals surface area (Å²) in [5, 5.41) is 1.92. The first-order chi connectivity index (χ1) is 22.6. The van der Waals surface area contributed by atoms with Gasteiger partial charge in [-0.1, -0.05) is 103 Å². The topological polar surface area (TPSA) is 51.0 Å². The molecule has 0 saturated heterocycles. The van der Waals surface area contributed by atoms with Crippen LogP contribution >= 0.6 is 0 Å². The van der Waals surface area contributed by atoms with Crippen molar-refractivity contribution in [1.29, 1.82) is 0 Å². The van der Waals surface area contributed by atoms with E-state index in [9.17, 15) is 9.59 Å². The Kier molecular flexibility index (Phi) is 6.10. The zero-order valence-electron chi connectivity index (χ0n) is 24.3. The molecule has 2 heterocycles. The van der Waals surface area contributed by atoms with Crippen LogP contribution in [0.4, 0.5) is 17.1 Å². The molecule has 1 aromatic heterocycles. The highest BCUT2D eigenvalue weighted by atomic mass is 16.2. The molecule has 0 unspecified atom stereocenters. The molecule has 0 N–H and O–H groups in total. The van der Waals surface area contributed by atoms with Gasteiger partial charge in [-0.15, -0.1) is 0 Å². The molecule has 46 heavy (non-hydrogen) atoms. The van der Waals surface area contributed by atoms with Gasteiger partial charge in [0, 0.05) is 10.8 Å². The molecule has 6 aromatic carbocycles. The van der Waals surface area contributed by atoms with Gasteiger partial charge in [-0.25, -0.2) is 14.6 Å². The predicted octanol–water partition coefficient (Wildman–Crippen LogP) is 10.0. The molecule has 0 atom stereocenters. The molecule has 6 heteroatoms. The second-order valence-corrected chi connectivity index (χ2v) is 11.0. The lowest BCUT2D eigenvalue weighted by Gasteiger charge is -2.16. The van der Waals surface area contributed by atoms with Crippen LogP contribution in [0.3, 0.4) is 0 Å². The molecule has 0 aliphatic carbocycles. The Balaban J connectivity index is 1.34. The van der Waals surface area contributed by atoms with Gasteiger partial charge in [0.05, 0.1) is 46.7 Å². The molecule has 7 aromatic rings. The van der Waals surface area contributed by atoms with Crippen LogP contribution in [0.2, 0.25) is 0 Å². The van der Waals surface area contributed by atoms with E-state index in [0.717, 1.165) is 38.5 Å². The Labute approximate surface area is 264 Å². The van der Waals surface area contributed by atoms with Gasteiger partial charge in [0.15, 0.2) is 11.4 Å². The average Bonchev–Trinajstić information content (AvgIpc) is 3.59. The summed E-state index contributed by atoms with van der Waals surface area (Å²) in [6.07, 6.45) is 0. The second kappa shape index (κ2) is 10.4. The third-order valence-corrected chi connectivity index (χ3v) is 8.58.